The van der Waals surface area contributed by atoms with E-state index in [-0.39, 0.29) is 17.5 Å². The fraction of sp³-hybridized carbons (Fsp3) is 0.500. The number of aromatic nitrogens is 2. The number of rotatable bonds is 5. The molecule has 2 aromatic heterocycles. The Labute approximate surface area is 157 Å². The second-order valence-corrected chi connectivity index (χ2v) is 7.33. The molecule has 1 aliphatic heterocycles. The van der Waals surface area contributed by atoms with Crippen molar-refractivity contribution in [3.8, 4) is 5.88 Å². The Morgan fingerprint density at radius 3 is 2.96 bits per heavy atom. The molecular formula is C18H22ClN3O2S. The molecule has 3 heterocycles. The summed E-state index contributed by atoms with van der Waals surface area (Å²) in [4.78, 5) is 23.7. The Morgan fingerprint density at radius 2 is 2.24 bits per heavy atom. The summed E-state index contributed by atoms with van der Waals surface area (Å²) in [5.74, 6) is 0.580. The van der Waals surface area contributed by atoms with Crippen molar-refractivity contribution in [2.45, 2.75) is 39.0 Å². The van der Waals surface area contributed by atoms with Gasteiger partial charge in [-0.1, -0.05) is 18.5 Å². The van der Waals surface area contributed by atoms with E-state index in [1.54, 1.807) is 23.5 Å². The number of halogens is 1. The van der Waals surface area contributed by atoms with Crippen LogP contribution in [-0.4, -0.2) is 40.5 Å². The maximum absolute atomic E-state index is 12.9. The minimum absolute atomic E-state index is 0.136. The first-order valence-electron chi connectivity index (χ1n) is 8.65. The summed E-state index contributed by atoms with van der Waals surface area (Å²) in [5.41, 5.74) is 1.39. The molecule has 3 rings (SSSR count). The zero-order valence-electron chi connectivity index (χ0n) is 14.5. The summed E-state index contributed by atoms with van der Waals surface area (Å²) >= 11 is 7.90. The topological polar surface area (TPSA) is 55.3 Å². The van der Waals surface area contributed by atoms with Crippen molar-refractivity contribution in [1.29, 1.82) is 0 Å². The van der Waals surface area contributed by atoms with Crippen molar-refractivity contribution in [3.63, 3.8) is 0 Å². The highest BCUT2D eigenvalue weighted by Gasteiger charge is 2.29. The number of ether oxygens (including phenoxy) is 1. The lowest BCUT2D eigenvalue weighted by molar-refractivity contribution is 0.0700. The van der Waals surface area contributed by atoms with Crippen LogP contribution in [0.25, 0.3) is 0 Å². The van der Waals surface area contributed by atoms with Crippen molar-refractivity contribution in [3.05, 3.63) is 38.9 Å². The van der Waals surface area contributed by atoms with Gasteiger partial charge >= 0.3 is 0 Å². The zero-order chi connectivity index (χ0) is 17.8. The Morgan fingerprint density at radius 1 is 1.40 bits per heavy atom. The minimum Gasteiger partial charge on any atom is -0.478 e. The zero-order valence-corrected chi connectivity index (χ0v) is 16.1. The molecule has 5 nitrogen and oxygen atoms in total. The quantitative estimate of drug-likeness (QED) is 0.782. The fourth-order valence-corrected chi connectivity index (χ4v) is 4.21. The van der Waals surface area contributed by atoms with E-state index < -0.39 is 0 Å². The number of likely N-dealkylation sites (tertiary alicyclic amines) is 1. The van der Waals surface area contributed by atoms with Crippen LogP contribution in [0.3, 0.4) is 0 Å². The Kier molecular flexibility index (Phi) is 5.91. The van der Waals surface area contributed by atoms with Gasteiger partial charge in [-0.15, -0.1) is 11.3 Å². The van der Waals surface area contributed by atoms with Gasteiger partial charge in [-0.05, 0) is 32.3 Å². The van der Waals surface area contributed by atoms with Gasteiger partial charge in [0.05, 0.1) is 22.3 Å². The first-order chi connectivity index (χ1) is 12.1. The number of carbonyl (C=O) groups is 1. The molecule has 2 aromatic rings. The van der Waals surface area contributed by atoms with Gasteiger partial charge in [0.25, 0.3) is 5.91 Å². The summed E-state index contributed by atoms with van der Waals surface area (Å²) in [5, 5.41) is 3.59. The fourth-order valence-electron chi connectivity index (χ4n) is 2.99. The number of amides is 1. The van der Waals surface area contributed by atoms with E-state index in [2.05, 4.69) is 17.3 Å². The lowest BCUT2D eigenvalue weighted by Crippen LogP contribution is -2.39. The monoisotopic (exact) mass is 379 g/mol. The molecule has 1 saturated heterocycles. The van der Waals surface area contributed by atoms with E-state index in [4.69, 9.17) is 21.3 Å². The van der Waals surface area contributed by atoms with Crippen LogP contribution in [0.2, 0.25) is 5.02 Å². The summed E-state index contributed by atoms with van der Waals surface area (Å²) in [7, 11) is 0. The molecular weight excluding hydrogens is 358 g/mol. The smallest absolute Gasteiger partial charge is 0.274 e. The maximum Gasteiger partial charge on any atom is 0.274 e. The summed E-state index contributed by atoms with van der Waals surface area (Å²) in [6.45, 7) is 5.86. The third-order valence-electron chi connectivity index (χ3n) is 4.30. The maximum atomic E-state index is 12.9. The molecule has 25 heavy (non-hydrogen) atoms. The molecule has 1 unspecified atom stereocenters. The minimum atomic E-state index is -0.136. The van der Waals surface area contributed by atoms with E-state index in [9.17, 15) is 4.79 Å². The second-order valence-electron chi connectivity index (χ2n) is 6.03. The van der Waals surface area contributed by atoms with E-state index >= 15 is 0 Å². The van der Waals surface area contributed by atoms with Gasteiger partial charge in [-0.25, -0.2) is 9.97 Å². The van der Waals surface area contributed by atoms with Crippen molar-refractivity contribution >= 4 is 28.8 Å². The van der Waals surface area contributed by atoms with Crippen LogP contribution in [0.5, 0.6) is 5.88 Å². The molecule has 1 atom stereocenters. The highest BCUT2D eigenvalue weighted by atomic mass is 35.5. The second kappa shape index (κ2) is 8.15. The van der Waals surface area contributed by atoms with E-state index in [0.29, 0.717) is 24.1 Å². The predicted molar refractivity (Wildman–Crippen MR) is 99.8 cm³/mol. The molecule has 0 radical (unpaired) electrons. The van der Waals surface area contributed by atoms with Crippen LogP contribution in [-0.2, 0) is 6.42 Å². The van der Waals surface area contributed by atoms with E-state index in [0.717, 1.165) is 36.5 Å². The van der Waals surface area contributed by atoms with Crippen molar-refractivity contribution in [1.82, 2.24) is 14.9 Å². The van der Waals surface area contributed by atoms with Gasteiger partial charge < -0.3 is 9.64 Å². The molecule has 7 heteroatoms. The lowest BCUT2D eigenvalue weighted by Gasteiger charge is -2.31. The highest BCUT2D eigenvalue weighted by Crippen LogP contribution is 2.31. The standard InChI is InChI=1S/C18H22ClN3O2S/c1-3-13-11-25-17(20-13)12-6-5-9-22(10-12)18(23)16-14(19)7-8-15(21-16)24-4-2/h7-8,11-12H,3-6,9-10H2,1-2H3. The third-order valence-corrected chi connectivity index (χ3v) is 5.67. The number of carbonyl (C=O) groups excluding carboxylic acids is 1. The Hall–Kier alpha value is -1.66. The van der Waals surface area contributed by atoms with Crippen LogP contribution in [0.15, 0.2) is 17.5 Å². The molecule has 1 fully saturated rings. The molecule has 0 N–H and O–H groups in total. The predicted octanol–water partition coefficient (Wildman–Crippen LogP) is 4.17. The summed E-state index contributed by atoms with van der Waals surface area (Å²) < 4.78 is 5.40. The molecule has 1 amide bonds. The summed E-state index contributed by atoms with van der Waals surface area (Å²) in [6, 6.07) is 3.35. The molecule has 0 spiro atoms. The Balaban J connectivity index is 1.76. The molecule has 134 valence electrons. The van der Waals surface area contributed by atoms with Crippen molar-refractivity contribution in [2.75, 3.05) is 19.7 Å². The summed E-state index contributed by atoms with van der Waals surface area (Å²) in [6.07, 6.45) is 2.95. The first kappa shape index (κ1) is 18.1. The lowest BCUT2D eigenvalue weighted by atomic mass is 9.98. The van der Waals surface area contributed by atoms with E-state index in [1.807, 2.05) is 11.8 Å². The Bertz CT molecular complexity index is 750. The van der Waals surface area contributed by atoms with Gasteiger partial charge in [0.15, 0.2) is 5.69 Å². The average Bonchev–Trinajstić information content (AvgIpc) is 3.12. The SMILES string of the molecule is CCOc1ccc(Cl)c(C(=O)N2CCCC(c3nc(CC)cs3)C2)n1. The van der Waals surface area contributed by atoms with Gasteiger partial charge in [0.1, 0.15) is 0 Å². The van der Waals surface area contributed by atoms with Gasteiger partial charge in [-0.2, -0.15) is 0 Å². The number of pyridine rings is 1. The molecule has 0 aliphatic carbocycles. The van der Waals surface area contributed by atoms with Crippen LogP contribution in [0, 0.1) is 0 Å². The third kappa shape index (κ3) is 4.12. The van der Waals surface area contributed by atoms with Crippen LogP contribution in [0.1, 0.15) is 53.8 Å². The number of hydrogen-bond donors (Lipinski definition) is 0. The van der Waals surface area contributed by atoms with Gasteiger partial charge in [-0.3, -0.25) is 4.79 Å². The average molecular weight is 380 g/mol. The van der Waals surface area contributed by atoms with Gasteiger partial charge in [0.2, 0.25) is 5.88 Å². The molecule has 0 bridgehead atoms. The molecule has 1 aliphatic rings. The van der Waals surface area contributed by atoms with Gasteiger partial charge in [0, 0.05) is 30.5 Å². The van der Waals surface area contributed by atoms with Crippen LogP contribution in [0.4, 0.5) is 0 Å². The number of thiazole rings is 1. The highest BCUT2D eigenvalue weighted by molar-refractivity contribution is 7.09. The van der Waals surface area contributed by atoms with Crippen LogP contribution >= 0.6 is 22.9 Å². The number of hydrogen-bond acceptors (Lipinski definition) is 5. The van der Waals surface area contributed by atoms with Crippen molar-refractivity contribution in [2.24, 2.45) is 0 Å². The van der Waals surface area contributed by atoms with Crippen molar-refractivity contribution < 1.29 is 9.53 Å². The number of aryl methyl sites for hydroxylation is 1. The van der Waals surface area contributed by atoms with Crippen LogP contribution < -0.4 is 4.74 Å². The number of nitrogens with zero attached hydrogens (tertiary/aromatic N) is 3. The first-order valence-corrected chi connectivity index (χ1v) is 9.91. The normalized spacial score (nSPS) is 17.6. The largest absolute Gasteiger partial charge is 0.478 e. The van der Waals surface area contributed by atoms with E-state index in [1.165, 1.54) is 0 Å². The molecule has 0 aromatic carbocycles. The molecule has 0 saturated carbocycles. The number of piperidine rings is 1.